The average Bonchev–Trinajstić information content (AvgIpc) is 2.88. The van der Waals surface area contributed by atoms with Crippen LogP contribution in [0.3, 0.4) is 0 Å². The van der Waals surface area contributed by atoms with Crippen LogP contribution in [0, 0.1) is 0 Å². The fraction of sp³-hybridized carbons (Fsp3) is 0.520. The van der Waals surface area contributed by atoms with Crippen molar-refractivity contribution in [3.8, 4) is 17.1 Å². The summed E-state index contributed by atoms with van der Waals surface area (Å²) in [6.07, 6.45) is 8.17. The lowest BCUT2D eigenvalue weighted by molar-refractivity contribution is 0.127. The van der Waals surface area contributed by atoms with E-state index in [-0.39, 0.29) is 5.56 Å². The summed E-state index contributed by atoms with van der Waals surface area (Å²) in [4.78, 5) is 29.3. The molecule has 1 fully saturated rings. The van der Waals surface area contributed by atoms with Gasteiger partial charge in [0.05, 0.1) is 31.1 Å². The summed E-state index contributed by atoms with van der Waals surface area (Å²) in [6.45, 7) is 7.48. The van der Waals surface area contributed by atoms with Gasteiger partial charge in [0.15, 0.2) is 5.82 Å². The third-order valence-corrected chi connectivity index (χ3v) is 6.05. The van der Waals surface area contributed by atoms with Gasteiger partial charge < -0.3 is 24.3 Å². The molecule has 0 bridgehead atoms. The van der Waals surface area contributed by atoms with Crippen LogP contribution in [0.1, 0.15) is 32.6 Å². The van der Waals surface area contributed by atoms with E-state index in [1.165, 1.54) is 19.3 Å². The van der Waals surface area contributed by atoms with E-state index in [1.54, 1.807) is 30.1 Å². The van der Waals surface area contributed by atoms with Gasteiger partial charge in [0.2, 0.25) is 5.88 Å². The molecule has 0 radical (unpaired) electrons. The van der Waals surface area contributed by atoms with Crippen molar-refractivity contribution < 1.29 is 9.47 Å². The minimum absolute atomic E-state index is 0.142. The molecule has 0 saturated carbocycles. The Morgan fingerprint density at radius 2 is 1.91 bits per heavy atom. The fourth-order valence-corrected chi connectivity index (χ4v) is 4.21. The molecule has 3 aromatic rings. The largest absolute Gasteiger partial charge is 0.481 e. The van der Waals surface area contributed by atoms with Crippen LogP contribution in [0.5, 0.6) is 5.88 Å². The van der Waals surface area contributed by atoms with Gasteiger partial charge in [-0.3, -0.25) is 9.78 Å². The van der Waals surface area contributed by atoms with E-state index >= 15 is 0 Å². The first-order chi connectivity index (χ1) is 16.7. The van der Waals surface area contributed by atoms with Gasteiger partial charge in [-0.25, -0.2) is 9.97 Å². The average molecular weight is 467 g/mol. The maximum absolute atomic E-state index is 13.4. The third kappa shape index (κ3) is 5.90. The normalized spacial score (nSPS) is 14.4. The predicted molar refractivity (Wildman–Crippen MR) is 133 cm³/mol. The molecule has 34 heavy (non-hydrogen) atoms. The highest BCUT2D eigenvalue weighted by Gasteiger charge is 2.14. The van der Waals surface area contributed by atoms with E-state index in [0.717, 1.165) is 42.8 Å². The van der Waals surface area contributed by atoms with E-state index in [1.807, 2.05) is 12.1 Å². The highest BCUT2D eigenvalue weighted by atomic mass is 16.5. The summed E-state index contributed by atoms with van der Waals surface area (Å²) in [5, 5.41) is 3.27. The van der Waals surface area contributed by atoms with E-state index in [2.05, 4.69) is 32.1 Å². The topological polar surface area (TPSA) is 94.4 Å². The van der Waals surface area contributed by atoms with Gasteiger partial charge in [-0.15, -0.1) is 0 Å². The van der Waals surface area contributed by atoms with Crippen molar-refractivity contribution in [1.29, 1.82) is 0 Å². The third-order valence-electron chi connectivity index (χ3n) is 6.05. The van der Waals surface area contributed by atoms with E-state index in [4.69, 9.17) is 9.47 Å². The lowest BCUT2D eigenvalue weighted by atomic mass is 10.1. The molecule has 182 valence electrons. The van der Waals surface area contributed by atoms with Gasteiger partial charge >= 0.3 is 0 Å². The molecular weight excluding hydrogens is 432 g/mol. The van der Waals surface area contributed by atoms with E-state index < -0.39 is 0 Å². The molecule has 0 unspecified atom stereocenters. The number of piperidine rings is 1. The predicted octanol–water partition coefficient (Wildman–Crippen LogP) is 3.19. The number of anilines is 1. The summed E-state index contributed by atoms with van der Waals surface area (Å²) in [5.41, 5.74) is 2.81. The van der Waals surface area contributed by atoms with Gasteiger partial charge in [0.1, 0.15) is 5.52 Å². The first-order valence-electron chi connectivity index (χ1n) is 12.1. The summed E-state index contributed by atoms with van der Waals surface area (Å²) < 4.78 is 12.6. The van der Waals surface area contributed by atoms with Gasteiger partial charge in [0, 0.05) is 44.1 Å². The Morgan fingerprint density at radius 1 is 1.06 bits per heavy atom. The summed E-state index contributed by atoms with van der Waals surface area (Å²) in [5.74, 6) is 0.900. The zero-order valence-corrected chi connectivity index (χ0v) is 20.1. The van der Waals surface area contributed by atoms with Gasteiger partial charge in [-0.2, -0.15) is 0 Å². The van der Waals surface area contributed by atoms with Crippen LogP contribution in [0.4, 0.5) is 5.82 Å². The van der Waals surface area contributed by atoms with Crippen LogP contribution >= 0.6 is 0 Å². The number of hydrogen-bond acceptors (Lipinski definition) is 8. The lowest BCUT2D eigenvalue weighted by Gasteiger charge is -2.26. The van der Waals surface area contributed by atoms with E-state index in [0.29, 0.717) is 43.5 Å². The van der Waals surface area contributed by atoms with Crippen LogP contribution in [-0.2, 0) is 11.3 Å². The maximum Gasteiger partial charge on any atom is 0.293 e. The zero-order valence-electron chi connectivity index (χ0n) is 20.1. The smallest absolute Gasteiger partial charge is 0.293 e. The zero-order chi connectivity index (χ0) is 23.8. The first-order valence-corrected chi connectivity index (χ1v) is 12.1. The van der Waals surface area contributed by atoms with Crippen LogP contribution < -0.4 is 15.6 Å². The Hall–Kier alpha value is -3.04. The highest BCUT2D eigenvalue weighted by molar-refractivity contribution is 5.80. The van der Waals surface area contributed by atoms with Crippen molar-refractivity contribution in [3.05, 3.63) is 40.9 Å². The molecule has 1 saturated heterocycles. The van der Waals surface area contributed by atoms with Gasteiger partial charge in [-0.1, -0.05) is 13.3 Å². The molecule has 0 spiro atoms. The number of aromatic nitrogens is 4. The Kier molecular flexibility index (Phi) is 8.43. The first kappa shape index (κ1) is 24.1. The van der Waals surface area contributed by atoms with Gasteiger partial charge in [0.25, 0.3) is 5.56 Å². The fourth-order valence-electron chi connectivity index (χ4n) is 4.21. The van der Waals surface area contributed by atoms with Crippen molar-refractivity contribution in [1.82, 2.24) is 24.4 Å². The van der Waals surface area contributed by atoms with Crippen molar-refractivity contribution >= 4 is 16.9 Å². The Bertz CT molecular complexity index is 1130. The summed E-state index contributed by atoms with van der Waals surface area (Å²) in [7, 11) is 1.58. The van der Waals surface area contributed by atoms with Crippen molar-refractivity contribution in [2.75, 3.05) is 51.8 Å². The van der Waals surface area contributed by atoms with Crippen LogP contribution in [0.2, 0.25) is 0 Å². The quantitative estimate of drug-likeness (QED) is 0.431. The monoisotopic (exact) mass is 466 g/mol. The number of nitrogens with zero attached hydrogens (tertiary/aromatic N) is 5. The molecule has 1 N–H and O–H groups in total. The molecule has 0 aliphatic carbocycles. The standard InChI is InChI=1S/C25H34N6O3/c1-3-14-34-15-13-31-22-16-20(19-7-8-23(33-2)28-17-19)27-18-21(22)29-24(25(31)32)26-9-12-30-10-5-4-6-11-30/h7-8,16-18H,3-6,9-15H2,1-2H3,(H,26,29). The summed E-state index contributed by atoms with van der Waals surface area (Å²) >= 11 is 0. The van der Waals surface area contributed by atoms with Crippen LogP contribution in [0.15, 0.2) is 35.4 Å². The Balaban J connectivity index is 1.61. The second kappa shape index (κ2) is 11.9. The van der Waals surface area contributed by atoms with Gasteiger partial charge in [-0.05, 0) is 44.5 Å². The molecule has 3 aromatic heterocycles. The molecule has 0 atom stereocenters. The number of methoxy groups -OCH3 is 1. The molecule has 0 amide bonds. The molecule has 4 rings (SSSR count). The Labute approximate surface area is 200 Å². The van der Waals surface area contributed by atoms with Crippen LogP contribution in [-0.4, -0.2) is 70.9 Å². The van der Waals surface area contributed by atoms with Crippen molar-refractivity contribution in [3.63, 3.8) is 0 Å². The molecule has 9 heteroatoms. The summed E-state index contributed by atoms with van der Waals surface area (Å²) in [6, 6.07) is 5.59. The SMILES string of the molecule is CCCOCCn1c(=O)c(NCCN2CCCCC2)nc2cnc(-c3ccc(OC)nc3)cc21. The molecule has 1 aliphatic heterocycles. The van der Waals surface area contributed by atoms with Crippen LogP contribution in [0.25, 0.3) is 22.3 Å². The molecule has 1 aliphatic rings. The molecule has 4 heterocycles. The number of likely N-dealkylation sites (tertiary alicyclic amines) is 1. The number of ether oxygens (including phenoxy) is 2. The molecular formula is C25H34N6O3. The van der Waals surface area contributed by atoms with Crippen molar-refractivity contribution in [2.24, 2.45) is 0 Å². The maximum atomic E-state index is 13.4. The van der Waals surface area contributed by atoms with E-state index in [9.17, 15) is 4.79 Å². The number of fused-ring (bicyclic) bond motifs is 1. The number of pyridine rings is 2. The molecule has 9 nitrogen and oxygen atoms in total. The molecule has 0 aromatic carbocycles. The number of nitrogens with one attached hydrogen (secondary N) is 1. The Morgan fingerprint density at radius 3 is 2.65 bits per heavy atom. The van der Waals surface area contributed by atoms with Crippen molar-refractivity contribution in [2.45, 2.75) is 39.2 Å². The second-order valence-corrected chi connectivity index (χ2v) is 8.51. The highest BCUT2D eigenvalue weighted by Crippen LogP contribution is 2.22. The lowest BCUT2D eigenvalue weighted by Crippen LogP contribution is -2.35. The minimum Gasteiger partial charge on any atom is -0.481 e. The second-order valence-electron chi connectivity index (χ2n) is 8.51. The number of rotatable bonds is 11. The number of hydrogen-bond donors (Lipinski definition) is 1. The minimum atomic E-state index is -0.142.